The van der Waals surface area contributed by atoms with Gasteiger partial charge in [-0.1, -0.05) is 6.92 Å². The van der Waals surface area contributed by atoms with Gasteiger partial charge in [0.15, 0.2) is 0 Å². The fourth-order valence-electron chi connectivity index (χ4n) is 2.25. The van der Waals surface area contributed by atoms with Crippen molar-refractivity contribution >= 4 is 0 Å². The Morgan fingerprint density at radius 1 is 1.27 bits per heavy atom. The first-order valence-electron chi connectivity index (χ1n) is 5.17. The number of hydrogen-bond donors (Lipinski definition) is 1. The Bertz CT molecular complexity index is 376. The lowest BCUT2D eigenvalue weighted by molar-refractivity contribution is 0.387. The molecular formula is C12H17NO2. The number of hydrogen-bond acceptors (Lipinski definition) is 3. The van der Waals surface area contributed by atoms with Gasteiger partial charge in [-0.2, -0.15) is 0 Å². The van der Waals surface area contributed by atoms with E-state index in [0.29, 0.717) is 5.92 Å². The van der Waals surface area contributed by atoms with Crippen molar-refractivity contribution in [1.29, 1.82) is 0 Å². The highest BCUT2D eigenvalue weighted by atomic mass is 16.5. The predicted molar refractivity (Wildman–Crippen MR) is 59.3 cm³/mol. The van der Waals surface area contributed by atoms with Gasteiger partial charge in [-0.3, -0.25) is 0 Å². The van der Waals surface area contributed by atoms with Crippen LogP contribution in [0.2, 0.25) is 0 Å². The van der Waals surface area contributed by atoms with Crippen molar-refractivity contribution in [3.63, 3.8) is 0 Å². The largest absolute Gasteiger partial charge is 0.497 e. The molecule has 2 rings (SSSR count). The van der Waals surface area contributed by atoms with E-state index in [4.69, 9.17) is 15.2 Å². The number of ether oxygens (including phenoxy) is 2. The van der Waals surface area contributed by atoms with Crippen LogP contribution in [0.5, 0.6) is 11.5 Å². The normalized spacial score (nSPS) is 23.7. The molecule has 0 radical (unpaired) electrons. The molecule has 0 bridgehead atoms. The fraction of sp³-hybridized carbons (Fsp3) is 0.500. The number of fused-ring (bicyclic) bond motifs is 1. The highest BCUT2D eigenvalue weighted by Crippen LogP contribution is 2.42. The highest BCUT2D eigenvalue weighted by Gasteiger charge is 2.30. The Kier molecular flexibility index (Phi) is 2.57. The molecule has 0 amide bonds. The molecule has 0 saturated heterocycles. The fourth-order valence-corrected chi connectivity index (χ4v) is 2.25. The second-order valence-electron chi connectivity index (χ2n) is 4.11. The van der Waals surface area contributed by atoms with Gasteiger partial charge in [-0.05, 0) is 24.0 Å². The molecular weight excluding hydrogens is 190 g/mol. The van der Waals surface area contributed by atoms with Crippen LogP contribution >= 0.6 is 0 Å². The lowest BCUT2D eigenvalue weighted by Crippen LogP contribution is -2.14. The lowest BCUT2D eigenvalue weighted by Gasteiger charge is -2.14. The molecule has 0 aromatic heterocycles. The van der Waals surface area contributed by atoms with Gasteiger partial charge in [-0.25, -0.2) is 0 Å². The molecule has 1 aromatic rings. The van der Waals surface area contributed by atoms with E-state index < -0.39 is 0 Å². The average Bonchev–Trinajstić information content (AvgIpc) is 2.53. The number of benzene rings is 1. The molecule has 0 aliphatic heterocycles. The van der Waals surface area contributed by atoms with E-state index in [9.17, 15) is 0 Å². The molecule has 82 valence electrons. The smallest absolute Gasteiger partial charge is 0.127 e. The monoisotopic (exact) mass is 207 g/mol. The SMILES string of the molecule is COc1cc2c(c(OC)c1)C(N)C(C)C2. The third-order valence-electron chi connectivity index (χ3n) is 3.15. The molecule has 3 heteroatoms. The van der Waals surface area contributed by atoms with Crippen LogP contribution in [0.1, 0.15) is 24.1 Å². The van der Waals surface area contributed by atoms with Crippen LogP contribution in [0.4, 0.5) is 0 Å². The summed E-state index contributed by atoms with van der Waals surface area (Å²) in [5.41, 5.74) is 8.54. The van der Waals surface area contributed by atoms with Crippen molar-refractivity contribution in [1.82, 2.24) is 0 Å². The lowest BCUT2D eigenvalue weighted by atomic mass is 10.0. The summed E-state index contributed by atoms with van der Waals surface area (Å²) in [5.74, 6) is 2.16. The number of rotatable bonds is 2. The van der Waals surface area contributed by atoms with Crippen molar-refractivity contribution in [2.75, 3.05) is 14.2 Å². The Morgan fingerprint density at radius 2 is 2.00 bits per heavy atom. The first-order valence-corrected chi connectivity index (χ1v) is 5.17. The minimum Gasteiger partial charge on any atom is -0.497 e. The summed E-state index contributed by atoms with van der Waals surface area (Å²) >= 11 is 0. The van der Waals surface area contributed by atoms with Gasteiger partial charge in [0.05, 0.1) is 14.2 Å². The van der Waals surface area contributed by atoms with Gasteiger partial charge in [0.2, 0.25) is 0 Å². The molecule has 2 atom stereocenters. The number of methoxy groups -OCH3 is 2. The summed E-state index contributed by atoms with van der Waals surface area (Å²) in [6, 6.07) is 4.04. The molecule has 15 heavy (non-hydrogen) atoms. The van der Waals surface area contributed by atoms with Gasteiger partial charge in [0, 0.05) is 17.7 Å². The third kappa shape index (κ3) is 1.57. The zero-order valence-corrected chi connectivity index (χ0v) is 9.41. The molecule has 2 unspecified atom stereocenters. The molecule has 1 aliphatic carbocycles. The van der Waals surface area contributed by atoms with E-state index >= 15 is 0 Å². The standard InChI is InChI=1S/C12H17NO2/c1-7-4-8-5-9(14-2)6-10(15-3)11(8)12(7)13/h5-7,12H,4,13H2,1-3H3. The van der Waals surface area contributed by atoms with Gasteiger partial charge in [-0.15, -0.1) is 0 Å². The van der Waals surface area contributed by atoms with E-state index in [1.807, 2.05) is 6.07 Å². The van der Waals surface area contributed by atoms with E-state index in [-0.39, 0.29) is 6.04 Å². The maximum atomic E-state index is 6.14. The molecule has 1 aliphatic rings. The maximum Gasteiger partial charge on any atom is 0.127 e. The molecule has 0 fully saturated rings. The van der Waals surface area contributed by atoms with E-state index in [2.05, 4.69) is 13.0 Å². The topological polar surface area (TPSA) is 44.5 Å². The summed E-state index contributed by atoms with van der Waals surface area (Å²) < 4.78 is 10.6. The molecule has 1 aromatic carbocycles. The van der Waals surface area contributed by atoms with Crippen LogP contribution in [-0.4, -0.2) is 14.2 Å². The third-order valence-corrected chi connectivity index (χ3v) is 3.15. The average molecular weight is 207 g/mol. The maximum absolute atomic E-state index is 6.14. The van der Waals surface area contributed by atoms with Crippen LogP contribution in [0, 0.1) is 5.92 Å². The molecule has 3 nitrogen and oxygen atoms in total. The van der Waals surface area contributed by atoms with Crippen molar-refractivity contribution in [2.45, 2.75) is 19.4 Å². The van der Waals surface area contributed by atoms with E-state index in [1.165, 1.54) is 5.56 Å². The summed E-state index contributed by atoms with van der Waals surface area (Å²) in [6.45, 7) is 2.16. The quantitative estimate of drug-likeness (QED) is 0.805. The molecule has 0 spiro atoms. The van der Waals surface area contributed by atoms with Crippen molar-refractivity contribution in [3.8, 4) is 11.5 Å². The van der Waals surface area contributed by atoms with E-state index in [1.54, 1.807) is 14.2 Å². The van der Waals surface area contributed by atoms with Crippen LogP contribution in [0.25, 0.3) is 0 Å². The summed E-state index contributed by atoms with van der Waals surface area (Å²) in [4.78, 5) is 0. The molecule has 0 heterocycles. The Morgan fingerprint density at radius 3 is 2.60 bits per heavy atom. The highest BCUT2D eigenvalue weighted by molar-refractivity contribution is 5.51. The second kappa shape index (κ2) is 3.74. The predicted octanol–water partition coefficient (Wildman–Crippen LogP) is 1.90. The Labute approximate surface area is 90.2 Å². The summed E-state index contributed by atoms with van der Waals surface area (Å²) in [7, 11) is 3.34. The van der Waals surface area contributed by atoms with Crippen LogP contribution in [0.3, 0.4) is 0 Å². The van der Waals surface area contributed by atoms with E-state index in [0.717, 1.165) is 23.5 Å². The van der Waals surface area contributed by atoms with Gasteiger partial charge in [0.25, 0.3) is 0 Å². The minimum absolute atomic E-state index is 0.0841. The first kappa shape index (κ1) is 10.3. The van der Waals surface area contributed by atoms with Crippen molar-refractivity contribution in [2.24, 2.45) is 11.7 Å². The Balaban J connectivity index is 2.53. The summed E-state index contributed by atoms with van der Waals surface area (Å²) in [6.07, 6.45) is 1.00. The summed E-state index contributed by atoms with van der Waals surface area (Å²) in [5, 5.41) is 0. The zero-order valence-electron chi connectivity index (χ0n) is 9.41. The first-order chi connectivity index (χ1) is 7.17. The number of nitrogens with two attached hydrogens (primary N) is 1. The minimum atomic E-state index is 0.0841. The second-order valence-corrected chi connectivity index (χ2v) is 4.11. The van der Waals surface area contributed by atoms with Crippen molar-refractivity contribution < 1.29 is 9.47 Å². The van der Waals surface area contributed by atoms with Gasteiger partial charge in [0.1, 0.15) is 11.5 Å². The Hall–Kier alpha value is -1.22. The van der Waals surface area contributed by atoms with Gasteiger partial charge >= 0.3 is 0 Å². The van der Waals surface area contributed by atoms with Crippen molar-refractivity contribution in [3.05, 3.63) is 23.3 Å². The van der Waals surface area contributed by atoms with Gasteiger partial charge < -0.3 is 15.2 Å². The van der Waals surface area contributed by atoms with Crippen LogP contribution < -0.4 is 15.2 Å². The molecule has 0 saturated carbocycles. The zero-order chi connectivity index (χ0) is 11.0. The van der Waals surface area contributed by atoms with Crippen LogP contribution in [0.15, 0.2) is 12.1 Å². The van der Waals surface area contributed by atoms with Crippen LogP contribution in [-0.2, 0) is 6.42 Å². The molecule has 2 N–H and O–H groups in total.